The van der Waals surface area contributed by atoms with Crippen LogP contribution in [0.15, 0.2) is 18.2 Å². The number of hydrogen-bond donors (Lipinski definition) is 1. The van der Waals surface area contributed by atoms with Gasteiger partial charge < -0.3 is 24.8 Å². The highest BCUT2D eigenvalue weighted by Gasteiger charge is 2.49. The molecule has 0 saturated carbocycles. The molecule has 0 amide bonds. The lowest BCUT2D eigenvalue weighted by atomic mass is 9.74. The number of ether oxygens (including phenoxy) is 3. The molecule has 3 atom stereocenters. The first-order valence-corrected chi connectivity index (χ1v) is 14.3. The zero-order chi connectivity index (χ0) is 25.7. The van der Waals surface area contributed by atoms with E-state index in [4.69, 9.17) is 29.9 Å². The summed E-state index contributed by atoms with van der Waals surface area (Å²) in [6.07, 6.45) is 6.45. The van der Waals surface area contributed by atoms with Crippen LogP contribution in [0.25, 0.3) is 0 Å². The molecule has 7 rings (SSSR count). The molecule has 38 heavy (non-hydrogen) atoms. The molecule has 3 fully saturated rings. The first kappa shape index (κ1) is 24.5. The molecule has 2 N–H and O–H groups in total. The molecular weight excluding hydrogens is 485 g/mol. The number of anilines is 2. The van der Waals surface area contributed by atoms with Gasteiger partial charge in [-0.2, -0.15) is 9.97 Å². The number of nitrogen functional groups attached to an aromatic ring is 1. The fourth-order valence-corrected chi connectivity index (χ4v) is 7.52. The fourth-order valence-electron chi connectivity index (χ4n) is 7.52. The number of fused-ring (bicyclic) bond motifs is 4. The van der Waals surface area contributed by atoms with Crippen molar-refractivity contribution in [3.63, 3.8) is 0 Å². The summed E-state index contributed by atoms with van der Waals surface area (Å²) in [5.74, 6) is 0.893. The second-order valence-electron chi connectivity index (χ2n) is 11.8. The standard InChI is InChI=1S/C29H38FN5O3/c30-21-15-28(7-2-10-35(28)17-21)19-37-27-32-25-16-29(8-1-4-20-5-6-22(31)14-24(20)29)38-18-23(25)26(33-27)34-9-3-12-36-13-11-34/h5-6,14,21H,1-4,7-13,15-19,31H2. The van der Waals surface area contributed by atoms with Crippen molar-refractivity contribution in [2.45, 2.75) is 75.3 Å². The third-order valence-electron chi connectivity index (χ3n) is 9.40. The van der Waals surface area contributed by atoms with Crippen LogP contribution in [0.2, 0.25) is 0 Å². The van der Waals surface area contributed by atoms with Gasteiger partial charge in [0.1, 0.15) is 18.6 Å². The third kappa shape index (κ3) is 4.23. The van der Waals surface area contributed by atoms with Crippen LogP contribution in [0.4, 0.5) is 15.9 Å². The Hall–Kier alpha value is -2.49. The van der Waals surface area contributed by atoms with Crippen molar-refractivity contribution in [3.8, 4) is 6.01 Å². The van der Waals surface area contributed by atoms with E-state index in [9.17, 15) is 4.39 Å². The third-order valence-corrected chi connectivity index (χ3v) is 9.40. The minimum absolute atomic E-state index is 0.237. The fraction of sp³-hybridized carbons (Fsp3) is 0.655. The van der Waals surface area contributed by atoms with Gasteiger partial charge in [-0.25, -0.2) is 4.39 Å². The van der Waals surface area contributed by atoms with E-state index in [0.29, 0.717) is 45.2 Å². The van der Waals surface area contributed by atoms with E-state index >= 15 is 0 Å². The Morgan fingerprint density at radius 3 is 3.00 bits per heavy atom. The summed E-state index contributed by atoms with van der Waals surface area (Å²) in [5.41, 5.74) is 10.9. The largest absolute Gasteiger partial charge is 0.461 e. The van der Waals surface area contributed by atoms with Gasteiger partial charge in [-0.05, 0) is 68.3 Å². The smallest absolute Gasteiger partial charge is 0.318 e. The van der Waals surface area contributed by atoms with Gasteiger partial charge in [-0.1, -0.05) is 6.07 Å². The van der Waals surface area contributed by atoms with Gasteiger partial charge >= 0.3 is 6.01 Å². The summed E-state index contributed by atoms with van der Waals surface area (Å²) in [4.78, 5) is 14.5. The van der Waals surface area contributed by atoms with Gasteiger partial charge in [0.15, 0.2) is 0 Å². The summed E-state index contributed by atoms with van der Waals surface area (Å²) in [7, 11) is 0. The molecule has 204 valence electrons. The summed E-state index contributed by atoms with van der Waals surface area (Å²) in [5, 5.41) is 0. The zero-order valence-electron chi connectivity index (χ0n) is 22.1. The Kier molecular flexibility index (Phi) is 6.21. The molecule has 8 nitrogen and oxygen atoms in total. The van der Waals surface area contributed by atoms with Gasteiger partial charge in [0.25, 0.3) is 0 Å². The van der Waals surface area contributed by atoms with E-state index in [2.05, 4.69) is 21.9 Å². The van der Waals surface area contributed by atoms with E-state index in [0.717, 1.165) is 87.5 Å². The molecule has 1 spiro atoms. The molecule has 1 aromatic heterocycles. The van der Waals surface area contributed by atoms with Crippen LogP contribution >= 0.6 is 0 Å². The average molecular weight is 524 g/mol. The quantitative estimate of drug-likeness (QED) is 0.609. The normalized spacial score (nSPS) is 31.1. The van der Waals surface area contributed by atoms with E-state index < -0.39 is 11.8 Å². The van der Waals surface area contributed by atoms with Crippen molar-refractivity contribution in [1.82, 2.24) is 14.9 Å². The lowest BCUT2D eigenvalue weighted by Gasteiger charge is -2.43. The minimum atomic E-state index is -0.785. The molecular formula is C29H38FN5O3. The summed E-state index contributed by atoms with van der Waals surface area (Å²) in [6.45, 7) is 5.40. The molecule has 1 aromatic carbocycles. The highest BCUT2D eigenvalue weighted by molar-refractivity contribution is 5.54. The Morgan fingerprint density at radius 2 is 2.05 bits per heavy atom. The number of aromatic nitrogens is 2. The second-order valence-corrected chi connectivity index (χ2v) is 11.8. The van der Waals surface area contributed by atoms with Crippen molar-refractivity contribution in [2.24, 2.45) is 0 Å². The van der Waals surface area contributed by atoms with Crippen LogP contribution in [-0.4, -0.2) is 72.6 Å². The Labute approximate surface area is 223 Å². The molecule has 2 aromatic rings. The number of rotatable bonds is 4. The van der Waals surface area contributed by atoms with Crippen LogP contribution in [0, 0.1) is 0 Å². The maximum Gasteiger partial charge on any atom is 0.318 e. The minimum Gasteiger partial charge on any atom is -0.461 e. The summed E-state index contributed by atoms with van der Waals surface area (Å²) < 4.78 is 33.2. The van der Waals surface area contributed by atoms with Crippen LogP contribution in [0.1, 0.15) is 60.9 Å². The van der Waals surface area contributed by atoms with E-state index in [-0.39, 0.29) is 5.54 Å². The van der Waals surface area contributed by atoms with Gasteiger partial charge in [0.05, 0.1) is 30.0 Å². The number of alkyl halides is 1. The van der Waals surface area contributed by atoms with Gasteiger partial charge in [-0.3, -0.25) is 4.90 Å². The molecule has 3 unspecified atom stereocenters. The van der Waals surface area contributed by atoms with Crippen LogP contribution in [0.3, 0.4) is 0 Å². The Bertz CT molecular complexity index is 1200. The maximum absolute atomic E-state index is 14.4. The van der Waals surface area contributed by atoms with Crippen molar-refractivity contribution in [1.29, 1.82) is 0 Å². The maximum atomic E-state index is 14.4. The molecule has 5 heterocycles. The van der Waals surface area contributed by atoms with Gasteiger partial charge in [0, 0.05) is 50.3 Å². The van der Waals surface area contributed by atoms with Crippen LogP contribution < -0.4 is 15.4 Å². The predicted octanol–water partition coefficient (Wildman–Crippen LogP) is 3.55. The van der Waals surface area contributed by atoms with E-state index in [1.807, 2.05) is 6.07 Å². The molecule has 9 heteroatoms. The molecule has 0 bridgehead atoms. The number of aryl methyl sites for hydroxylation is 1. The van der Waals surface area contributed by atoms with Crippen LogP contribution in [-0.2, 0) is 34.5 Å². The lowest BCUT2D eigenvalue weighted by Crippen LogP contribution is -2.44. The number of nitrogens with zero attached hydrogens (tertiary/aromatic N) is 4. The number of hydrogen-bond acceptors (Lipinski definition) is 8. The molecule has 1 aliphatic carbocycles. The molecule has 5 aliphatic rings. The summed E-state index contributed by atoms with van der Waals surface area (Å²) in [6, 6.07) is 6.62. The molecule has 4 aliphatic heterocycles. The van der Waals surface area contributed by atoms with Crippen LogP contribution in [0.5, 0.6) is 6.01 Å². The van der Waals surface area contributed by atoms with E-state index in [1.54, 1.807) is 0 Å². The lowest BCUT2D eigenvalue weighted by molar-refractivity contribution is -0.0855. The monoisotopic (exact) mass is 523 g/mol. The van der Waals surface area contributed by atoms with Crippen molar-refractivity contribution in [2.75, 3.05) is 56.6 Å². The Morgan fingerprint density at radius 1 is 1.11 bits per heavy atom. The van der Waals surface area contributed by atoms with E-state index in [1.165, 1.54) is 11.1 Å². The summed E-state index contributed by atoms with van der Waals surface area (Å²) >= 11 is 0. The number of halogens is 1. The first-order chi connectivity index (χ1) is 18.5. The highest BCUT2D eigenvalue weighted by atomic mass is 19.1. The van der Waals surface area contributed by atoms with Crippen molar-refractivity contribution < 1.29 is 18.6 Å². The van der Waals surface area contributed by atoms with Gasteiger partial charge in [0.2, 0.25) is 0 Å². The Balaban J connectivity index is 1.24. The van der Waals surface area contributed by atoms with Crippen molar-refractivity contribution >= 4 is 11.5 Å². The topological polar surface area (TPSA) is 86.0 Å². The van der Waals surface area contributed by atoms with Gasteiger partial charge in [-0.15, -0.1) is 0 Å². The number of nitrogens with two attached hydrogens (primary N) is 1. The molecule has 3 saturated heterocycles. The average Bonchev–Trinajstić information content (AvgIpc) is 3.29. The molecule has 0 radical (unpaired) electrons. The van der Waals surface area contributed by atoms with Crippen molar-refractivity contribution in [3.05, 3.63) is 40.6 Å². The predicted molar refractivity (Wildman–Crippen MR) is 142 cm³/mol. The SMILES string of the molecule is Nc1ccc2c(c1)C1(CCC2)Cc2nc(OCC34CCCN3CC(F)C4)nc(N3CCCOCC3)c2CO1. The second kappa shape index (κ2) is 9.61. The highest BCUT2D eigenvalue weighted by Crippen LogP contribution is 2.47. The first-order valence-electron chi connectivity index (χ1n) is 14.3. The zero-order valence-corrected chi connectivity index (χ0v) is 22.1. The number of benzene rings is 1.